The number of unbranched alkanes of at least 4 members (excludes halogenated alkanes) is 8. The van der Waals surface area contributed by atoms with Crippen molar-refractivity contribution in [3.05, 3.63) is 35.9 Å². The number of aliphatic carboxylic acids is 1. The summed E-state index contributed by atoms with van der Waals surface area (Å²) in [5.74, 6) is -1.06. The molecule has 5 heteroatoms. The van der Waals surface area contributed by atoms with E-state index in [-0.39, 0.29) is 24.6 Å². The summed E-state index contributed by atoms with van der Waals surface area (Å²) in [4.78, 5) is 22.7. The van der Waals surface area contributed by atoms with Gasteiger partial charge in [0.05, 0.1) is 19.1 Å². The van der Waals surface area contributed by atoms with E-state index >= 15 is 0 Å². The molecule has 32 heavy (non-hydrogen) atoms. The van der Waals surface area contributed by atoms with Gasteiger partial charge in [-0.1, -0.05) is 88.6 Å². The number of benzene rings is 1. The molecule has 2 atom stereocenters. The number of esters is 1. The van der Waals surface area contributed by atoms with Gasteiger partial charge in [-0.05, 0) is 37.7 Å². The first-order chi connectivity index (χ1) is 15.5. The molecule has 1 N–H and O–H groups in total. The van der Waals surface area contributed by atoms with Crippen LogP contribution in [0.2, 0.25) is 0 Å². The van der Waals surface area contributed by atoms with Crippen molar-refractivity contribution in [3.63, 3.8) is 0 Å². The molecule has 1 rings (SSSR count). The minimum absolute atomic E-state index is 0.0124. The Hall–Kier alpha value is -1.88. The third kappa shape index (κ3) is 15.9. The molecule has 0 saturated heterocycles. The highest BCUT2D eigenvalue weighted by atomic mass is 16.5. The van der Waals surface area contributed by atoms with Crippen LogP contribution in [0.5, 0.6) is 0 Å². The Morgan fingerprint density at radius 1 is 0.812 bits per heavy atom. The van der Waals surface area contributed by atoms with Gasteiger partial charge in [0.2, 0.25) is 0 Å². The summed E-state index contributed by atoms with van der Waals surface area (Å²) in [6, 6.07) is 9.81. The van der Waals surface area contributed by atoms with Crippen molar-refractivity contribution in [1.29, 1.82) is 0 Å². The normalized spacial score (nSPS) is 12.9. The van der Waals surface area contributed by atoms with Crippen LogP contribution in [-0.4, -0.2) is 29.3 Å². The zero-order valence-electron chi connectivity index (χ0n) is 20.2. The average Bonchev–Trinajstić information content (AvgIpc) is 2.76. The van der Waals surface area contributed by atoms with Crippen molar-refractivity contribution >= 4 is 11.9 Å². The fraction of sp³-hybridized carbons (Fsp3) is 0.704. The number of ether oxygens (including phenoxy) is 2. The summed E-state index contributed by atoms with van der Waals surface area (Å²) in [6.45, 7) is 4.13. The van der Waals surface area contributed by atoms with Gasteiger partial charge in [-0.15, -0.1) is 0 Å². The number of hydrogen-bond donors (Lipinski definition) is 1. The molecule has 0 fully saturated rings. The lowest BCUT2D eigenvalue weighted by molar-refractivity contribution is -0.147. The predicted octanol–water partition coefficient (Wildman–Crippen LogP) is 7.07. The molecule has 0 aliphatic carbocycles. The first kappa shape index (κ1) is 28.2. The highest BCUT2D eigenvalue weighted by Crippen LogP contribution is 2.18. The summed E-state index contributed by atoms with van der Waals surface area (Å²) in [5, 5.41) is 9.19. The first-order valence-corrected chi connectivity index (χ1v) is 12.6. The van der Waals surface area contributed by atoms with Crippen molar-refractivity contribution < 1.29 is 24.2 Å². The van der Waals surface area contributed by atoms with E-state index in [1.54, 1.807) is 0 Å². The highest BCUT2D eigenvalue weighted by Gasteiger charge is 2.16. The molecule has 0 spiro atoms. The largest absolute Gasteiger partial charge is 0.481 e. The highest BCUT2D eigenvalue weighted by molar-refractivity contribution is 5.67. The van der Waals surface area contributed by atoms with Crippen LogP contribution in [0.3, 0.4) is 0 Å². The average molecular weight is 449 g/mol. The maximum absolute atomic E-state index is 11.5. The van der Waals surface area contributed by atoms with E-state index in [9.17, 15) is 14.7 Å². The molecule has 0 amide bonds. The van der Waals surface area contributed by atoms with Crippen molar-refractivity contribution in [3.8, 4) is 0 Å². The molecule has 0 bridgehead atoms. The van der Waals surface area contributed by atoms with Gasteiger partial charge in [-0.3, -0.25) is 9.59 Å². The maximum atomic E-state index is 11.5. The van der Waals surface area contributed by atoms with Gasteiger partial charge in [0.1, 0.15) is 6.10 Å². The Kier molecular flexibility index (Phi) is 16.4. The van der Waals surface area contributed by atoms with Crippen LogP contribution in [-0.2, 0) is 25.7 Å². The second-order valence-electron chi connectivity index (χ2n) is 8.80. The molecular weight excluding hydrogens is 404 g/mol. The van der Waals surface area contributed by atoms with Crippen LogP contribution in [0.4, 0.5) is 0 Å². The molecule has 0 aliphatic rings. The fourth-order valence-electron chi connectivity index (χ4n) is 3.97. The Morgan fingerprint density at radius 2 is 1.34 bits per heavy atom. The number of carboxylic acids is 1. The van der Waals surface area contributed by atoms with Gasteiger partial charge in [-0.25, -0.2) is 0 Å². The zero-order valence-corrected chi connectivity index (χ0v) is 20.2. The second kappa shape index (κ2) is 18.7. The lowest BCUT2D eigenvalue weighted by Gasteiger charge is -2.19. The molecule has 0 radical (unpaired) electrons. The van der Waals surface area contributed by atoms with Gasteiger partial charge >= 0.3 is 11.9 Å². The Morgan fingerprint density at radius 3 is 1.91 bits per heavy atom. The maximum Gasteiger partial charge on any atom is 0.305 e. The van der Waals surface area contributed by atoms with Crippen LogP contribution in [0, 0.1) is 0 Å². The lowest BCUT2D eigenvalue weighted by atomic mass is 10.0. The number of rotatable bonds is 20. The molecule has 0 saturated carbocycles. The number of carbonyl (C=O) groups excluding carboxylic acids is 1. The zero-order chi connectivity index (χ0) is 23.4. The summed E-state index contributed by atoms with van der Waals surface area (Å²) in [5.41, 5.74) is 1.04. The smallest absolute Gasteiger partial charge is 0.305 e. The Balaban J connectivity index is 2.28. The van der Waals surface area contributed by atoms with Crippen molar-refractivity contribution in [2.75, 3.05) is 0 Å². The summed E-state index contributed by atoms with van der Waals surface area (Å²) >= 11 is 0. The standard InChI is InChI=1S/C27H44O5/c1-3-4-5-6-7-8-9-13-18-25(32-23(2)28)19-14-15-20-26(21-27(29)30)31-22-24-16-11-10-12-17-24/h10-12,16-17,25-26H,3-9,13-15,18-22H2,1-2H3,(H,29,30). The minimum atomic E-state index is -0.837. The van der Waals surface area contributed by atoms with Crippen LogP contribution in [0.1, 0.15) is 109 Å². The van der Waals surface area contributed by atoms with Crippen LogP contribution < -0.4 is 0 Å². The Bertz CT molecular complexity index is 601. The first-order valence-electron chi connectivity index (χ1n) is 12.6. The molecule has 0 aromatic heterocycles. The molecular formula is C27H44O5. The van der Waals surface area contributed by atoms with Gasteiger partial charge in [0.25, 0.3) is 0 Å². The Labute approximate surface area is 194 Å². The van der Waals surface area contributed by atoms with E-state index < -0.39 is 5.97 Å². The van der Waals surface area contributed by atoms with E-state index in [1.807, 2.05) is 30.3 Å². The van der Waals surface area contributed by atoms with Crippen LogP contribution in [0.15, 0.2) is 30.3 Å². The molecule has 1 aromatic carbocycles. The number of carbonyl (C=O) groups is 2. The van der Waals surface area contributed by atoms with Gasteiger partial charge in [0, 0.05) is 6.92 Å². The monoisotopic (exact) mass is 448 g/mol. The summed E-state index contributed by atoms with van der Waals surface area (Å²) < 4.78 is 11.4. The van der Waals surface area contributed by atoms with E-state index in [0.29, 0.717) is 13.0 Å². The second-order valence-corrected chi connectivity index (χ2v) is 8.80. The third-order valence-corrected chi connectivity index (χ3v) is 5.75. The van der Waals surface area contributed by atoms with Crippen molar-refractivity contribution in [1.82, 2.24) is 0 Å². The number of carboxylic acid groups (broad SMARTS) is 1. The minimum Gasteiger partial charge on any atom is -0.481 e. The van der Waals surface area contributed by atoms with Crippen LogP contribution >= 0.6 is 0 Å². The van der Waals surface area contributed by atoms with Crippen LogP contribution in [0.25, 0.3) is 0 Å². The molecule has 5 nitrogen and oxygen atoms in total. The fourth-order valence-corrected chi connectivity index (χ4v) is 3.97. The molecule has 182 valence electrons. The summed E-state index contributed by atoms with van der Waals surface area (Å²) in [7, 11) is 0. The molecule has 0 aliphatic heterocycles. The topological polar surface area (TPSA) is 72.8 Å². The van der Waals surface area contributed by atoms with E-state index in [4.69, 9.17) is 9.47 Å². The van der Waals surface area contributed by atoms with E-state index in [0.717, 1.165) is 37.7 Å². The van der Waals surface area contributed by atoms with Crippen molar-refractivity contribution in [2.24, 2.45) is 0 Å². The quantitative estimate of drug-likeness (QED) is 0.171. The third-order valence-electron chi connectivity index (χ3n) is 5.75. The molecule has 2 unspecified atom stereocenters. The van der Waals surface area contributed by atoms with E-state index in [2.05, 4.69) is 6.92 Å². The van der Waals surface area contributed by atoms with E-state index in [1.165, 1.54) is 51.9 Å². The van der Waals surface area contributed by atoms with Gasteiger partial charge in [-0.2, -0.15) is 0 Å². The lowest BCUT2D eigenvalue weighted by Crippen LogP contribution is -2.19. The number of hydrogen-bond acceptors (Lipinski definition) is 4. The van der Waals surface area contributed by atoms with Gasteiger partial charge < -0.3 is 14.6 Å². The predicted molar refractivity (Wildman–Crippen MR) is 129 cm³/mol. The summed E-state index contributed by atoms with van der Waals surface area (Å²) in [6.07, 6.45) is 14.0. The van der Waals surface area contributed by atoms with Gasteiger partial charge in [0.15, 0.2) is 0 Å². The SMILES string of the molecule is CCCCCCCCCCC(CCCCC(CC(=O)O)OCc1ccccc1)OC(C)=O. The van der Waals surface area contributed by atoms with Crippen molar-refractivity contribution in [2.45, 2.75) is 123 Å². The molecule has 1 aromatic rings. The molecule has 0 heterocycles.